The first kappa shape index (κ1) is 19.9. The van der Waals surface area contributed by atoms with E-state index in [1.807, 2.05) is 12.1 Å². The van der Waals surface area contributed by atoms with Crippen LogP contribution in [0.5, 0.6) is 5.75 Å². The molecular formula is C25H28O3. The van der Waals surface area contributed by atoms with E-state index in [2.05, 4.69) is 49.1 Å². The van der Waals surface area contributed by atoms with Crippen molar-refractivity contribution in [3.63, 3.8) is 0 Å². The Morgan fingerprint density at radius 3 is 2.57 bits per heavy atom. The number of hydrogen-bond donors (Lipinski definition) is 0. The van der Waals surface area contributed by atoms with E-state index in [4.69, 9.17) is 9.47 Å². The third-order valence-corrected chi connectivity index (χ3v) is 4.91. The van der Waals surface area contributed by atoms with E-state index < -0.39 is 0 Å². The summed E-state index contributed by atoms with van der Waals surface area (Å²) in [7, 11) is 0. The molecule has 0 aromatic heterocycles. The Bertz CT molecular complexity index is 864. The monoisotopic (exact) mass is 376 g/mol. The van der Waals surface area contributed by atoms with Crippen LogP contribution in [0, 0.1) is 0 Å². The normalized spacial score (nSPS) is 12.7. The lowest BCUT2D eigenvalue weighted by atomic mass is 9.88. The predicted octanol–water partition coefficient (Wildman–Crippen LogP) is 5.84. The fourth-order valence-electron chi connectivity index (χ4n) is 3.35. The zero-order valence-electron chi connectivity index (χ0n) is 16.6. The highest BCUT2D eigenvalue weighted by atomic mass is 16.5. The summed E-state index contributed by atoms with van der Waals surface area (Å²) < 4.78 is 11.2. The molecule has 0 heterocycles. The molecule has 0 aliphatic heterocycles. The number of unbranched alkanes of at least 4 members (excludes halogenated alkanes) is 2. The summed E-state index contributed by atoms with van der Waals surface area (Å²) in [5.41, 5.74) is 5.69. The van der Waals surface area contributed by atoms with Crippen LogP contribution in [0.3, 0.4) is 0 Å². The van der Waals surface area contributed by atoms with E-state index in [0.717, 1.165) is 37.9 Å². The quantitative estimate of drug-likeness (QED) is 0.313. The predicted molar refractivity (Wildman–Crippen MR) is 114 cm³/mol. The zero-order valence-corrected chi connectivity index (χ0v) is 16.6. The molecule has 0 N–H and O–H groups in total. The molecule has 0 spiro atoms. The number of esters is 1. The van der Waals surface area contributed by atoms with Crippen LogP contribution in [-0.2, 0) is 16.0 Å². The van der Waals surface area contributed by atoms with Crippen LogP contribution in [0.4, 0.5) is 0 Å². The van der Waals surface area contributed by atoms with E-state index >= 15 is 0 Å². The molecule has 3 heteroatoms. The van der Waals surface area contributed by atoms with Crippen molar-refractivity contribution >= 4 is 17.6 Å². The first-order valence-electron chi connectivity index (χ1n) is 9.98. The summed E-state index contributed by atoms with van der Waals surface area (Å²) in [6, 6.07) is 16.9. The second-order valence-electron chi connectivity index (χ2n) is 7.19. The number of aryl methyl sites for hydroxylation is 1. The van der Waals surface area contributed by atoms with Gasteiger partial charge in [0.2, 0.25) is 0 Å². The van der Waals surface area contributed by atoms with E-state index in [-0.39, 0.29) is 5.97 Å². The lowest BCUT2D eigenvalue weighted by Gasteiger charge is -2.19. The van der Waals surface area contributed by atoms with Gasteiger partial charge in [0.25, 0.3) is 0 Å². The van der Waals surface area contributed by atoms with Crippen molar-refractivity contribution in [2.45, 2.75) is 39.0 Å². The first-order chi connectivity index (χ1) is 13.6. The minimum Gasteiger partial charge on any atom is -0.493 e. The third kappa shape index (κ3) is 5.35. The maximum absolute atomic E-state index is 11.3. The number of benzene rings is 2. The molecule has 0 fully saturated rings. The molecule has 3 rings (SSSR count). The lowest BCUT2D eigenvalue weighted by Crippen LogP contribution is -2.07. The Labute approximate surface area is 167 Å². The van der Waals surface area contributed by atoms with Gasteiger partial charge >= 0.3 is 5.97 Å². The van der Waals surface area contributed by atoms with Gasteiger partial charge in [0, 0.05) is 11.1 Å². The molecule has 28 heavy (non-hydrogen) atoms. The molecule has 0 bridgehead atoms. The fraction of sp³-hybridized carbons (Fsp3) is 0.320. The van der Waals surface area contributed by atoms with Crippen molar-refractivity contribution in [3.8, 4) is 5.75 Å². The van der Waals surface area contributed by atoms with Crippen molar-refractivity contribution in [1.82, 2.24) is 0 Å². The van der Waals surface area contributed by atoms with Crippen molar-refractivity contribution < 1.29 is 14.3 Å². The number of carbonyl (C=O) groups excluding carboxylic acids is 1. The zero-order chi connectivity index (χ0) is 19.8. The van der Waals surface area contributed by atoms with E-state index in [0.29, 0.717) is 18.8 Å². The Morgan fingerprint density at radius 1 is 0.964 bits per heavy atom. The van der Waals surface area contributed by atoms with Crippen LogP contribution in [0.2, 0.25) is 0 Å². The van der Waals surface area contributed by atoms with E-state index in [9.17, 15) is 4.79 Å². The van der Waals surface area contributed by atoms with Gasteiger partial charge in [-0.05, 0) is 61.8 Å². The van der Waals surface area contributed by atoms with Gasteiger partial charge in [-0.25, -0.2) is 4.79 Å². The van der Waals surface area contributed by atoms with Gasteiger partial charge in [-0.3, -0.25) is 0 Å². The Morgan fingerprint density at radius 2 is 1.71 bits per heavy atom. The number of carbonyl (C=O) groups is 1. The van der Waals surface area contributed by atoms with Crippen LogP contribution < -0.4 is 4.74 Å². The number of fused-ring (bicyclic) bond motifs is 1. The molecule has 2 aromatic rings. The number of ether oxygens (including phenoxy) is 2. The Hall–Kier alpha value is -2.81. The second-order valence-corrected chi connectivity index (χ2v) is 7.19. The number of allylic oxidation sites excluding steroid dienone is 1. The largest absolute Gasteiger partial charge is 0.493 e. The standard InChI is InChI=1S/C25H28O3/c1-19(2)25(26)28-17-9-3-8-16-27-24-13-7-6-12-23(24)22-15-14-20-10-4-5-11-21(20)18-22/h4-7,10-13,18H,1,3,8-9,14-17H2,2H3. The summed E-state index contributed by atoms with van der Waals surface area (Å²) in [5.74, 6) is 0.634. The maximum Gasteiger partial charge on any atom is 0.333 e. The van der Waals surface area contributed by atoms with Gasteiger partial charge in [0.1, 0.15) is 5.75 Å². The van der Waals surface area contributed by atoms with Gasteiger partial charge in [0.05, 0.1) is 13.2 Å². The fourth-order valence-corrected chi connectivity index (χ4v) is 3.35. The molecule has 0 amide bonds. The smallest absolute Gasteiger partial charge is 0.333 e. The highest BCUT2D eigenvalue weighted by molar-refractivity contribution is 5.87. The molecule has 3 nitrogen and oxygen atoms in total. The molecule has 0 saturated carbocycles. The van der Waals surface area contributed by atoms with Crippen LogP contribution in [-0.4, -0.2) is 19.2 Å². The molecule has 0 unspecified atom stereocenters. The van der Waals surface area contributed by atoms with E-state index in [1.54, 1.807) is 6.92 Å². The van der Waals surface area contributed by atoms with Crippen molar-refractivity contribution in [2.75, 3.05) is 13.2 Å². The summed E-state index contributed by atoms with van der Waals surface area (Å²) in [4.78, 5) is 11.3. The summed E-state index contributed by atoms with van der Waals surface area (Å²) >= 11 is 0. The van der Waals surface area contributed by atoms with Crippen molar-refractivity contribution in [3.05, 3.63) is 77.4 Å². The molecule has 0 radical (unpaired) electrons. The van der Waals surface area contributed by atoms with Gasteiger partial charge in [0.15, 0.2) is 0 Å². The van der Waals surface area contributed by atoms with Gasteiger partial charge in [-0.15, -0.1) is 0 Å². The minimum absolute atomic E-state index is 0.312. The molecule has 0 atom stereocenters. The van der Waals surface area contributed by atoms with Crippen molar-refractivity contribution in [1.29, 1.82) is 0 Å². The van der Waals surface area contributed by atoms with Crippen LogP contribution in [0.25, 0.3) is 11.6 Å². The summed E-state index contributed by atoms with van der Waals surface area (Å²) in [5, 5.41) is 0. The number of hydrogen-bond acceptors (Lipinski definition) is 3. The highest BCUT2D eigenvalue weighted by Gasteiger charge is 2.14. The SMILES string of the molecule is C=C(C)C(=O)OCCCCCOc1ccccc1C1=Cc2ccccc2CC1. The van der Waals surface area contributed by atoms with Crippen molar-refractivity contribution in [2.24, 2.45) is 0 Å². The minimum atomic E-state index is -0.312. The van der Waals surface area contributed by atoms with Gasteiger partial charge < -0.3 is 9.47 Å². The number of rotatable bonds is 9. The Balaban J connectivity index is 1.51. The summed E-state index contributed by atoms with van der Waals surface area (Å²) in [6.45, 7) is 6.34. The number of para-hydroxylation sites is 1. The topological polar surface area (TPSA) is 35.5 Å². The third-order valence-electron chi connectivity index (χ3n) is 4.91. The highest BCUT2D eigenvalue weighted by Crippen LogP contribution is 2.34. The molecule has 1 aliphatic carbocycles. The van der Waals surface area contributed by atoms with E-state index in [1.165, 1.54) is 22.3 Å². The first-order valence-corrected chi connectivity index (χ1v) is 9.98. The van der Waals surface area contributed by atoms with Gasteiger partial charge in [-0.2, -0.15) is 0 Å². The molecule has 2 aromatic carbocycles. The molecule has 146 valence electrons. The summed E-state index contributed by atoms with van der Waals surface area (Å²) in [6.07, 6.45) is 7.12. The van der Waals surface area contributed by atoms with Crippen LogP contribution >= 0.6 is 0 Å². The van der Waals surface area contributed by atoms with Crippen LogP contribution in [0.15, 0.2) is 60.7 Å². The Kier molecular flexibility index (Phi) is 7.07. The average Bonchev–Trinajstić information content (AvgIpc) is 2.72. The molecular weight excluding hydrogens is 348 g/mol. The molecule has 1 aliphatic rings. The molecule has 0 saturated heterocycles. The van der Waals surface area contributed by atoms with Crippen LogP contribution in [0.1, 0.15) is 49.3 Å². The lowest BCUT2D eigenvalue weighted by molar-refractivity contribution is -0.139. The second kappa shape index (κ2) is 9.93. The van der Waals surface area contributed by atoms with Gasteiger partial charge in [-0.1, -0.05) is 55.1 Å². The average molecular weight is 376 g/mol. The maximum atomic E-state index is 11.3.